The molecule has 1 unspecified atom stereocenters. The number of rotatable bonds is 3. The lowest BCUT2D eigenvalue weighted by Crippen LogP contribution is -2.55. The van der Waals surface area contributed by atoms with Gasteiger partial charge in [-0.05, 0) is 44.0 Å². The van der Waals surface area contributed by atoms with Crippen molar-refractivity contribution >= 4 is 15.9 Å². The van der Waals surface area contributed by atoms with Crippen LogP contribution in [0.3, 0.4) is 0 Å². The fraction of sp³-hybridized carbons (Fsp3) is 0.571. The minimum absolute atomic E-state index is 0.127. The second-order valence-electron chi connectivity index (χ2n) is 5.36. The van der Waals surface area contributed by atoms with Gasteiger partial charge in [0.1, 0.15) is 5.82 Å². The van der Waals surface area contributed by atoms with Gasteiger partial charge in [-0.15, -0.1) is 0 Å². The Labute approximate surface area is 116 Å². The third-order valence-electron chi connectivity index (χ3n) is 4.23. The van der Waals surface area contributed by atoms with Crippen molar-refractivity contribution in [1.82, 2.24) is 10.2 Å². The molecule has 4 rings (SSSR count). The Hall–Kier alpha value is -0.450. The first-order chi connectivity index (χ1) is 8.72. The molecular formula is C14H18BrFN2. The molecule has 1 N–H and O–H groups in total. The number of piperidine rings is 3. The van der Waals surface area contributed by atoms with Gasteiger partial charge in [0.05, 0.1) is 0 Å². The molecule has 3 aliphatic heterocycles. The zero-order valence-electron chi connectivity index (χ0n) is 10.3. The number of fused-ring (bicyclic) bond motifs is 3. The molecule has 2 nitrogen and oxygen atoms in total. The molecule has 3 saturated heterocycles. The topological polar surface area (TPSA) is 15.3 Å². The van der Waals surface area contributed by atoms with Crippen LogP contribution in [0.25, 0.3) is 0 Å². The molecule has 0 radical (unpaired) electrons. The van der Waals surface area contributed by atoms with Gasteiger partial charge in [0.2, 0.25) is 0 Å². The maximum absolute atomic E-state index is 13.7. The van der Waals surface area contributed by atoms with Gasteiger partial charge in [0.15, 0.2) is 0 Å². The van der Waals surface area contributed by atoms with Crippen LogP contribution >= 0.6 is 15.9 Å². The van der Waals surface area contributed by atoms with E-state index in [0.717, 1.165) is 22.5 Å². The van der Waals surface area contributed by atoms with Crippen molar-refractivity contribution in [3.8, 4) is 0 Å². The normalized spacial score (nSPS) is 30.7. The molecule has 0 saturated carbocycles. The molecule has 3 heterocycles. The van der Waals surface area contributed by atoms with Crippen LogP contribution in [-0.4, -0.2) is 30.6 Å². The highest BCUT2D eigenvalue weighted by Crippen LogP contribution is 2.27. The first-order valence-corrected chi connectivity index (χ1v) is 7.41. The van der Waals surface area contributed by atoms with E-state index in [1.54, 1.807) is 0 Å². The Morgan fingerprint density at radius 3 is 2.72 bits per heavy atom. The average molecular weight is 313 g/mol. The highest BCUT2D eigenvalue weighted by molar-refractivity contribution is 9.10. The molecule has 3 aliphatic rings. The lowest BCUT2D eigenvalue weighted by molar-refractivity contribution is 0.0719. The number of halogens is 2. The van der Waals surface area contributed by atoms with E-state index in [9.17, 15) is 4.39 Å². The van der Waals surface area contributed by atoms with E-state index >= 15 is 0 Å². The molecular weight excluding hydrogens is 295 g/mol. The van der Waals surface area contributed by atoms with Crippen molar-refractivity contribution in [2.75, 3.05) is 19.6 Å². The summed E-state index contributed by atoms with van der Waals surface area (Å²) in [6.45, 7) is 4.25. The second-order valence-corrected chi connectivity index (χ2v) is 6.28. The highest BCUT2D eigenvalue weighted by Gasteiger charge is 2.33. The van der Waals surface area contributed by atoms with E-state index in [0.29, 0.717) is 12.6 Å². The second kappa shape index (κ2) is 5.27. The van der Waals surface area contributed by atoms with E-state index < -0.39 is 0 Å². The molecule has 18 heavy (non-hydrogen) atoms. The van der Waals surface area contributed by atoms with E-state index in [1.165, 1.54) is 32.0 Å². The third-order valence-corrected chi connectivity index (χ3v) is 4.72. The van der Waals surface area contributed by atoms with Gasteiger partial charge in [-0.1, -0.05) is 22.0 Å². The van der Waals surface area contributed by atoms with Gasteiger partial charge in [-0.3, -0.25) is 0 Å². The molecule has 1 aromatic rings. The zero-order chi connectivity index (χ0) is 12.5. The van der Waals surface area contributed by atoms with E-state index in [4.69, 9.17) is 0 Å². The highest BCUT2D eigenvalue weighted by atomic mass is 79.9. The summed E-state index contributed by atoms with van der Waals surface area (Å²) >= 11 is 3.28. The van der Waals surface area contributed by atoms with E-state index in [-0.39, 0.29) is 5.82 Å². The molecule has 0 spiro atoms. The zero-order valence-corrected chi connectivity index (χ0v) is 11.9. The van der Waals surface area contributed by atoms with Crippen molar-refractivity contribution in [3.05, 3.63) is 34.1 Å². The fourth-order valence-electron chi connectivity index (χ4n) is 3.10. The average Bonchev–Trinajstić information content (AvgIpc) is 2.39. The summed E-state index contributed by atoms with van der Waals surface area (Å²) in [6, 6.07) is 5.83. The first kappa shape index (κ1) is 12.6. The first-order valence-electron chi connectivity index (χ1n) is 6.62. The summed E-state index contributed by atoms with van der Waals surface area (Å²) in [5.74, 6) is 0.659. The van der Waals surface area contributed by atoms with Crippen molar-refractivity contribution < 1.29 is 4.39 Å². The van der Waals surface area contributed by atoms with Crippen molar-refractivity contribution in [2.45, 2.75) is 25.4 Å². The van der Waals surface area contributed by atoms with Crippen molar-refractivity contribution in [2.24, 2.45) is 5.92 Å². The van der Waals surface area contributed by atoms with Crippen LogP contribution in [0.5, 0.6) is 0 Å². The Kier molecular flexibility index (Phi) is 3.68. The fourth-order valence-corrected chi connectivity index (χ4v) is 3.44. The SMILES string of the molecule is Fc1cc(Br)ccc1CNC1CN2CCC1CC2. The molecule has 2 bridgehead atoms. The summed E-state index contributed by atoms with van der Waals surface area (Å²) < 4.78 is 14.5. The molecule has 3 fully saturated rings. The Bertz CT molecular complexity index is 430. The largest absolute Gasteiger partial charge is 0.308 e. The minimum atomic E-state index is -0.127. The summed E-state index contributed by atoms with van der Waals surface area (Å²) in [4.78, 5) is 2.51. The van der Waals surface area contributed by atoms with Crippen molar-refractivity contribution in [3.63, 3.8) is 0 Å². The number of benzene rings is 1. The third kappa shape index (κ3) is 2.60. The standard InChI is InChI=1S/C14H18BrFN2/c15-12-2-1-11(13(16)7-12)8-17-14-9-18-5-3-10(14)4-6-18/h1-2,7,10,14,17H,3-6,8-9H2. The Balaban J connectivity index is 1.61. The smallest absolute Gasteiger partial charge is 0.128 e. The monoisotopic (exact) mass is 312 g/mol. The van der Waals surface area contributed by atoms with Gasteiger partial charge in [0.25, 0.3) is 0 Å². The quantitative estimate of drug-likeness (QED) is 0.923. The van der Waals surface area contributed by atoms with Crippen LogP contribution in [0.2, 0.25) is 0 Å². The molecule has 0 amide bonds. The Morgan fingerprint density at radius 2 is 2.11 bits per heavy atom. The lowest BCUT2D eigenvalue weighted by atomic mass is 9.84. The van der Waals surface area contributed by atoms with Crippen LogP contribution in [0, 0.1) is 11.7 Å². The van der Waals surface area contributed by atoms with Crippen LogP contribution in [0.15, 0.2) is 22.7 Å². The lowest BCUT2D eigenvalue weighted by Gasteiger charge is -2.45. The molecule has 4 heteroatoms. The molecule has 98 valence electrons. The number of hydrogen-bond donors (Lipinski definition) is 1. The number of hydrogen-bond acceptors (Lipinski definition) is 2. The molecule has 0 aliphatic carbocycles. The maximum Gasteiger partial charge on any atom is 0.128 e. The van der Waals surface area contributed by atoms with Crippen molar-refractivity contribution in [1.29, 1.82) is 0 Å². The van der Waals surface area contributed by atoms with Gasteiger partial charge in [0, 0.05) is 29.2 Å². The van der Waals surface area contributed by atoms with Crippen LogP contribution in [-0.2, 0) is 6.54 Å². The summed E-state index contributed by atoms with van der Waals surface area (Å²) in [5.41, 5.74) is 0.759. The van der Waals surface area contributed by atoms with Crippen LogP contribution in [0.1, 0.15) is 18.4 Å². The van der Waals surface area contributed by atoms with Crippen LogP contribution < -0.4 is 5.32 Å². The van der Waals surface area contributed by atoms with Gasteiger partial charge in [-0.2, -0.15) is 0 Å². The summed E-state index contributed by atoms with van der Waals surface area (Å²) in [6.07, 6.45) is 2.58. The summed E-state index contributed by atoms with van der Waals surface area (Å²) in [7, 11) is 0. The van der Waals surface area contributed by atoms with Gasteiger partial charge < -0.3 is 10.2 Å². The van der Waals surface area contributed by atoms with E-state index in [2.05, 4.69) is 26.1 Å². The van der Waals surface area contributed by atoms with Crippen LogP contribution in [0.4, 0.5) is 4.39 Å². The predicted octanol–water partition coefficient (Wildman–Crippen LogP) is 2.77. The molecule has 0 aromatic heterocycles. The molecule has 1 aromatic carbocycles. The Morgan fingerprint density at radius 1 is 1.33 bits per heavy atom. The van der Waals surface area contributed by atoms with Gasteiger partial charge in [-0.25, -0.2) is 4.39 Å². The number of nitrogens with one attached hydrogen (secondary N) is 1. The van der Waals surface area contributed by atoms with E-state index in [1.807, 2.05) is 12.1 Å². The molecule has 1 atom stereocenters. The van der Waals surface area contributed by atoms with Gasteiger partial charge >= 0.3 is 0 Å². The maximum atomic E-state index is 13.7. The predicted molar refractivity (Wildman–Crippen MR) is 73.9 cm³/mol. The minimum Gasteiger partial charge on any atom is -0.308 e. The summed E-state index contributed by atoms with van der Waals surface area (Å²) in [5, 5.41) is 3.53. The number of nitrogens with zero attached hydrogens (tertiary/aromatic N) is 1.